The molecule has 1 aromatic rings. The van der Waals surface area contributed by atoms with Crippen LogP contribution in [0, 0.1) is 0 Å². The first-order valence-electron chi connectivity index (χ1n) is 5.55. The molecule has 0 fully saturated rings. The zero-order chi connectivity index (χ0) is 13.5. The molecule has 0 saturated carbocycles. The van der Waals surface area contributed by atoms with Crippen LogP contribution in [-0.2, 0) is 4.79 Å². The number of hydrogen-bond acceptors (Lipinski definition) is 4. The van der Waals surface area contributed by atoms with Crippen molar-refractivity contribution in [3.05, 3.63) is 22.7 Å². The number of nitrogens with one attached hydrogen (secondary N) is 1. The highest BCUT2D eigenvalue weighted by molar-refractivity contribution is 9.10. The lowest BCUT2D eigenvalue weighted by molar-refractivity contribution is -0.117. The van der Waals surface area contributed by atoms with Gasteiger partial charge in [0.1, 0.15) is 0 Å². The Morgan fingerprint density at radius 1 is 1.56 bits per heavy atom. The second-order valence-electron chi connectivity index (χ2n) is 4.02. The fourth-order valence-electron chi connectivity index (χ4n) is 1.39. The molecule has 1 rings (SSSR count). The van der Waals surface area contributed by atoms with E-state index >= 15 is 0 Å². The highest BCUT2D eigenvalue weighted by Crippen LogP contribution is 2.24. The molecule has 100 valence electrons. The van der Waals surface area contributed by atoms with E-state index < -0.39 is 0 Å². The van der Waals surface area contributed by atoms with Crippen molar-refractivity contribution >= 4 is 45.0 Å². The van der Waals surface area contributed by atoms with Crippen molar-refractivity contribution in [1.82, 2.24) is 4.90 Å². The first-order chi connectivity index (χ1) is 8.52. The number of benzene rings is 1. The molecule has 0 bridgehead atoms. The molecular formula is C12H18BrN3OS. The summed E-state index contributed by atoms with van der Waals surface area (Å²) in [7, 11) is 1.94. The topological polar surface area (TPSA) is 58.4 Å². The number of halogens is 1. The van der Waals surface area contributed by atoms with Gasteiger partial charge in [0, 0.05) is 22.5 Å². The Hall–Kier alpha value is -0.720. The SMILES string of the molecule is CSCCN(C)CC(=O)Nc1ccc(N)cc1Br. The second-order valence-corrected chi connectivity index (χ2v) is 5.86. The molecule has 0 aliphatic heterocycles. The van der Waals surface area contributed by atoms with Gasteiger partial charge in [-0.15, -0.1) is 0 Å². The van der Waals surface area contributed by atoms with Gasteiger partial charge in [0.05, 0.1) is 12.2 Å². The van der Waals surface area contributed by atoms with Gasteiger partial charge in [-0.1, -0.05) is 0 Å². The Bertz CT molecular complexity index is 414. The maximum absolute atomic E-state index is 11.8. The summed E-state index contributed by atoms with van der Waals surface area (Å²) in [5.74, 6) is 0.999. The highest BCUT2D eigenvalue weighted by atomic mass is 79.9. The van der Waals surface area contributed by atoms with Gasteiger partial charge in [-0.25, -0.2) is 0 Å². The molecule has 1 aromatic carbocycles. The fourth-order valence-corrected chi connectivity index (χ4v) is 2.38. The molecule has 18 heavy (non-hydrogen) atoms. The number of anilines is 2. The van der Waals surface area contributed by atoms with Crippen LogP contribution in [0.3, 0.4) is 0 Å². The van der Waals surface area contributed by atoms with Crippen molar-refractivity contribution in [1.29, 1.82) is 0 Å². The zero-order valence-electron chi connectivity index (χ0n) is 10.6. The first kappa shape index (κ1) is 15.3. The number of hydrogen-bond donors (Lipinski definition) is 2. The number of carbonyl (C=O) groups excluding carboxylic acids is 1. The Balaban J connectivity index is 2.49. The van der Waals surface area contributed by atoms with Crippen molar-refractivity contribution < 1.29 is 4.79 Å². The lowest BCUT2D eigenvalue weighted by Gasteiger charge is -2.16. The van der Waals surface area contributed by atoms with E-state index in [2.05, 4.69) is 27.5 Å². The average molecular weight is 332 g/mol. The summed E-state index contributed by atoms with van der Waals surface area (Å²) in [6, 6.07) is 5.32. The van der Waals surface area contributed by atoms with Crippen LogP contribution in [-0.4, -0.2) is 43.0 Å². The van der Waals surface area contributed by atoms with Crippen LogP contribution in [0.4, 0.5) is 11.4 Å². The van der Waals surface area contributed by atoms with Crippen LogP contribution in [0.1, 0.15) is 0 Å². The average Bonchev–Trinajstić information content (AvgIpc) is 2.30. The van der Waals surface area contributed by atoms with Crippen LogP contribution in [0.25, 0.3) is 0 Å². The first-order valence-corrected chi connectivity index (χ1v) is 7.74. The molecule has 6 heteroatoms. The van der Waals surface area contributed by atoms with E-state index in [-0.39, 0.29) is 5.91 Å². The van der Waals surface area contributed by atoms with E-state index in [1.54, 1.807) is 30.0 Å². The minimum absolute atomic E-state index is 0.0240. The smallest absolute Gasteiger partial charge is 0.238 e. The molecule has 0 radical (unpaired) electrons. The van der Waals surface area contributed by atoms with Crippen LogP contribution in [0.15, 0.2) is 22.7 Å². The molecule has 0 spiro atoms. The van der Waals surface area contributed by atoms with Crippen molar-refractivity contribution in [3.8, 4) is 0 Å². The molecule has 0 unspecified atom stereocenters. The normalized spacial score (nSPS) is 10.7. The third-order valence-electron chi connectivity index (χ3n) is 2.36. The van der Waals surface area contributed by atoms with Gasteiger partial charge >= 0.3 is 0 Å². The number of amides is 1. The monoisotopic (exact) mass is 331 g/mol. The van der Waals surface area contributed by atoms with E-state index in [0.717, 1.165) is 22.5 Å². The maximum Gasteiger partial charge on any atom is 0.238 e. The van der Waals surface area contributed by atoms with E-state index in [4.69, 9.17) is 5.73 Å². The van der Waals surface area contributed by atoms with E-state index in [0.29, 0.717) is 12.2 Å². The van der Waals surface area contributed by atoms with Crippen LogP contribution in [0.2, 0.25) is 0 Å². The maximum atomic E-state index is 11.8. The molecule has 4 nitrogen and oxygen atoms in total. The summed E-state index contributed by atoms with van der Waals surface area (Å²) in [4.78, 5) is 13.8. The number of likely N-dealkylation sites (N-methyl/N-ethyl adjacent to an activating group) is 1. The zero-order valence-corrected chi connectivity index (χ0v) is 13.0. The molecule has 3 N–H and O–H groups in total. The summed E-state index contributed by atoms with van der Waals surface area (Å²) in [6.07, 6.45) is 2.05. The lowest BCUT2D eigenvalue weighted by atomic mass is 10.3. The standard InChI is InChI=1S/C12H18BrN3OS/c1-16(5-6-18-2)8-12(17)15-11-4-3-9(14)7-10(11)13/h3-4,7H,5-6,8,14H2,1-2H3,(H,15,17). The molecule has 0 saturated heterocycles. The van der Waals surface area contributed by atoms with Crippen LogP contribution >= 0.6 is 27.7 Å². The summed E-state index contributed by atoms with van der Waals surface area (Å²) in [6.45, 7) is 1.29. The predicted octanol–water partition coefficient (Wildman–Crippen LogP) is 2.26. The Kier molecular flexibility index (Phi) is 6.52. The minimum atomic E-state index is -0.0240. The number of thioether (sulfide) groups is 1. The van der Waals surface area contributed by atoms with Gasteiger partial charge in [-0.3, -0.25) is 9.69 Å². The van der Waals surface area contributed by atoms with E-state index in [9.17, 15) is 4.79 Å². The van der Waals surface area contributed by atoms with Gasteiger partial charge < -0.3 is 11.1 Å². The van der Waals surface area contributed by atoms with Crippen molar-refractivity contribution in [2.45, 2.75) is 0 Å². The Morgan fingerprint density at radius 2 is 2.28 bits per heavy atom. The summed E-state index contributed by atoms with van der Waals surface area (Å²) >= 11 is 5.14. The fraction of sp³-hybridized carbons (Fsp3) is 0.417. The van der Waals surface area contributed by atoms with Crippen LogP contribution in [0.5, 0.6) is 0 Å². The highest BCUT2D eigenvalue weighted by Gasteiger charge is 2.08. The molecule has 0 heterocycles. The van der Waals surface area contributed by atoms with Gasteiger partial charge in [-0.2, -0.15) is 11.8 Å². The van der Waals surface area contributed by atoms with Gasteiger partial charge in [-0.05, 0) is 47.4 Å². The molecule has 1 amide bonds. The second kappa shape index (κ2) is 7.66. The van der Waals surface area contributed by atoms with E-state index in [1.165, 1.54) is 0 Å². The van der Waals surface area contributed by atoms with Crippen LogP contribution < -0.4 is 11.1 Å². The van der Waals surface area contributed by atoms with Gasteiger partial charge in [0.15, 0.2) is 0 Å². The summed E-state index contributed by atoms with van der Waals surface area (Å²) in [5, 5.41) is 2.85. The summed E-state index contributed by atoms with van der Waals surface area (Å²) in [5.41, 5.74) is 7.05. The lowest BCUT2D eigenvalue weighted by Crippen LogP contribution is -2.31. The van der Waals surface area contributed by atoms with Gasteiger partial charge in [0.25, 0.3) is 0 Å². The predicted molar refractivity (Wildman–Crippen MR) is 83.1 cm³/mol. The number of nitrogen functional groups attached to an aromatic ring is 1. The Labute approximate surface area is 120 Å². The van der Waals surface area contributed by atoms with Crippen molar-refractivity contribution in [2.75, 3.05) is 43.2 Å². The van der Waals surface area contributed by atoms with E-state index in [1.807, 2.05) is 11.9 Å². The van der Waals surface area contributed by atoms with Crippen molar-refractivity contribution in [2.24, 2.45) is 0 Å². The third-order valence-corrected chi connectivity index (χ3v) is 3.60. The number of nitrogens with zero attached hydrogens (tertiary/aromatic N) is 1. The molecule has 0 aromatic heterocycles. The third kappa shape index (κ3) is 5.29. The van der Waals surface area contributed by atoms with Gasteiger partial charge in [0.2, 0.25) is 5.91 Å². The largest absolute Gasteiger partial charge is 0.399 e. The Morgan fingerprint density at radius 3 is 2.89 bits per heavy atom. The molecular weight excluding hydrogens is 314 g/mol. The van der Waals surface area contributed by atoms with Crippen molar-refractivity contribution in [3.63, 3.8) is 0 Å². The number of rotatable bonds is 6. The number of carbonyl (C=O) groups is 1. The molecule has 0 aliphatic carbocycles. The quantitative estimate of drug-likeness (QED) is 0.785. The summed E-state index contributed by atoms with van der Waals surface area (Å²) < 4.78 is 0.794. The minimum Gasteiger partial charge on any atom is -0.399 e. The molecule has 0 atom stereocenters. The number of nitrogens with two attached hydrogens (primary N) is 1. The molecule has 0 aliphatic rings.